The number of benzene rings is 1. The van der Waals surface area contributed by atoms with Crippen molar-refractivity contribution in [1.29, 1.82) is 0 Å². The third-order valence-electron chi connectivity index (χ3n) is 2.72. The van der Waals surface area contributed by atoms with E-state index in [2.05, 4.69) is 25.3 Å². The van der Waals surface area contributed by atoms with Gasteiger partial charge in [-0.25, -0.2) is 4.98 Å². The quantitative estimate of drug-likeness (QED) is 0.712. The van der Waals surface area contributed by atoms with Crippen molar-refractivity contribution in [2.24, 2.45) is 0 Å². The highest BCUT2D eigenvalue weighted by Gasteiger charge is 2.06. The van der Waals surface area contributed by atoms with Crippen LogP contribution < -0.4 is 11.1 Å². The Labute approximate surface area is 125 Å². The molecule has 0 aliphatic heterocycles. The number of hydrogen-bond donors (Lipinski definition) is 2. The average molecular weight is 299 g/mol. The first-order chi connectivity index (χ1) is 10.2. The minimum Gasteiger partial charge on any atom is -0.368 e. The van der Waals surface area contributed by atoms with Gasteiger partial charge in [0, 0.05) is 23.0 Å². The molecule has 7 nitrogen and oxygen atoms in total. The van der Waals surface area contributed by atoms with Crippen LogP contribution in [0.4, 0.5) is 17.6 Å². The fourth-order valence-electron chi connectivity index (χ4n) is 1.73. The monoisotopic (exact) mass is 299 g/mol. The number of aromatic nitrogens is 5. The molecule has 3 N–H and O–H groups in total. The molecule has 3 rings (SSSR count). The van der Waals surface area contributed by atoms with Crippen LogP contribution in [0.15, 0.2) is 47.9 Å². The summed E-state index contributed by atoms with van der Waals surface area (Å²) < 4.78 is 1.67. The van der Waals surface area contributed by atoms with Crippen LogP contribution in [0.5, 0.6) is 0 Å². The molecule has 0 aliphatic rings. The number of hydrogen-bond acceptors (Lipinski definition) is 7. The van der Waals surface area contributed by atoms with E-state index in [1.807, 2.05) is 30.5 Å². The molecular weight excluding hydrogens is 286 g/mol. The predicted molar refractivity (Wildman–Crippen MR) is 82.9 cm³/mol. The Morgan fingerprint density at radius 2 is 1.95 bits per heavy atom. The van der Waals surface area contributed by atoms with Gasteiger partial charge in [-0.1, -0.05) is 0 Å². The molecule has 0 unspecified atom stereocenters. The maximum atomic E-state index is 5.73. The topological polar surface area (TPSA) is 94.5 Å². The number of nitrogens with zero attached hydrogens (tertiary/aromatic N) is 5. The van der Waals surface area contributed by atoms with Crippen molar-refractivity contribution in [3.63, 3.8) is 0 Å². The Hall–Kier alpha value is -2.61. The molecule has 0 amide bonds. The van der Waals surface area contributed by atoms with Crippen molar-refractivity contribution in [1.82, 2.24) is 24.5 Å². The van der Waals surface area contributed by atoms with Gasteiger partial charge in [0.05, 0.1) is 0 Å². The van der Waals surface area contributed by atoms with E-state index in [1.54, 1.807) is 35.0 Å². The van der Waals surface area contributed by atoms with Gasteiger partial charge >= 0.3 is 0 Å². The summed E-state index contributed by atoms with van der Waals surface area (Å²) >= 11 is 1.69. The third-order valence-corrected chi connectivity index (χ3v) is 3.47. The van der Waals surface area contributed by atoms with Crippen molar-refractivity contribution < 1.29 is 0 Å². The third kappa shape index (κ3) is 3.11. The summed E-state index contributed by atoms with van der Waals surface area (Å²) in [4.78, 5) is 17.6. The van der Waals surface area contributed by atoms with Gasteiger partial charge in [-0.3, -0.25) is 4.57 Å². The highest BCUT2D eigenvalue weighted by atomic mass is 32.2. The lowest BCUT2D eigenvalue weighted by atomic mass is 10.3. The van der Waals surface area contributed by atoms with E-state index in [-0.39, 0.29) is 5.95 Å². The molecule has 8 heteroatoms. The molecule has 0 radical (unpaired) electrons. The minimum atomic E-state index is 0.150. The van der Waals surface area contributed by atoms with Crippen molar-refractivity contribution in [3.8, 4) is 5.95 Å². The van der Waals surface area contributed by atoms with Crippen molar-refractivity contribution in [2.75, 3.05) is 17.3 Å². The molecule has 2 heterocycles. The van der Waals surface area contributed by atoms with E-state index in [0.29, 0.717) is 11.9 Å². The molecule has 1 aromatic carbocycles. The van der Waals surface area contributed by atoms with Gasteiger partial charge in [0.25, 0.3) is 0 Å². The van der Waals surface area contributed by atoms with Crippen LogP contribution in [0, 0.1) is 0 Å². The van der Waals surface area contributed by atoms with Crippen LogP contribution in [-0.4, -0.2) is 30.8 Å². The number of nitrogens with two attached hydrogens (primary N) is 1. The predicted octanol–water partition coefficient (Wildman–Crippen LogP) is 2.10. The van der Waals surface area contributed by atoms with E-state index in [0.717, 1.165) is 5.69 Å². The summed E-state index contributed by atoms with van der Waals surface area (Å²) in [5.74, 6) is 0.961. The molecule has 106 valence electrons. The van der Waals surface area contributed by atoms with Crippen LogP contribution in [0.2, 0.25) is 0 Å². The van der Waals surface area contributed by atoms with Gasteiger partial charge in [0.15, 0.2) is 0 Å². The minimum absolute atomic E-state index is 0.150. The number of anilines is 3. The Bertz CT molecular complexity index is 725. The van der Waals surface area contributed by atoms with Crippen LogP contribution in [0.25, 0.3) is 5.95 Å². The lowest BCUT2D eigenvalue weighted by Gasteiger charge is -2.07. The largest absolute Gasteiger partial charge is 0.368 e. The number of nitrogens with one attached hydrogen (secondary N) is 1. The highest BCUT2D eigenvalue weighted by molar-refractivity contribution is 7.98. The van der Waals surface area contributed by atoms with Gasteiger partial charge in [0.1, 0.15) is 6.33 Å². The van der Waals surface area contributed by atoms with Crippen molar-refractivity contribution in [2.45, 2.75) is 4.90 Å². The van der Waals surface area contributed by atoms with E-state index in [9.17, 15) is 0 Å². The SMILES string of the molecule is CSc1ccc(Nc2nc(N)nc(-n3ccnc3)n2)cc1. The average Bonchev–Trinajstić information content (AvgIpc) is 3.02. The molecular formula is C13H13N7S. The van der Waals surface area contributed by atoms with E-state index >= 15 is 0 Å². The molecule has 0 spiro atoms. The Kier molecular flexibility index (Phi) is 3.69. The Morgan fingerprint density at radius 3 is 2.62 bits per heavy atom. The maximum absolute atomic E-state index is 5.73. The molecule has 0 bridgehead atoms. The van der Waals surface area contributed by atoms with Crippen LogP contribution in [0.1, 0.15) is 0 Å². The van der Waals surface area contributed by atoms with Gasteiger partial charge in [-0.05, 0) is 30.5 Å². The standard InChI is InChI=1S/C13H13N7S/c1-21-10-4-2-9(3-5-10)16-12-17-11(14)18-13(19-12)20-7-6-15-8-20/h2-8H,1H3,(H3,14,16,17,18,19). The van der Waals surface area contributed by atoms with E-state index < -0.39 is 0 Å². The molecule has 3 aromatic rings. The smallest absolute Gasteiger partial charge is 0.241 e. The Morgan fingerprint density at radius 1 is 1.14 bits per heavy atom. The van der Waals surface area contributed by atoms with Gasteiger partial charge in [0.2, 0.25) is 17.8 Å². The lowest BCUT2D eigenvalue weighted by molar-refractivity contribution is 0.906. The fraction of sp³-hybridized carbons (Fsp3) is 0.0769. The lowest BCUT2D eigenvalue weighted by Crippen LogP contribution is -2.08. The molecule has 0 atom stereocenters. The fourth-order valence-corrected chi connectivity index (χ4v) is 2.14. The molecule has 21 heavy (non-hydrogen) atoms. The maximum Gasteiger partial charge on any atom is 0.241 e. The van der Waals surface area contributed by atoms with Gasteiger partial charge < -0.3 is 11.1 Å². The van der Waals surface area contributed by atoms with E-state index in [1.165, 1.54) is 4.90 Å². The molecule has 0 saturated heterocycles. The summed E-state index contributed by atoms with van der Waals surface area (Å²) in [7, 11) is 0. The van der Waals surface area contributed by atoms with Gasteiger partial charge in [-0.2, -0.15) is 15.0 Å². The Balaban J connectivity index is 1.88. The summed E-state index contributed by atoms with van der Waals surface area (Å²) in [6.45, 7) is 0. The molecule has 0 fully saturated rings. The molecule has 0 aliphatic carbocycles. The number of nitrogen functional groups attached to an aromatic ring is 1. The van der Waals surface area contributed by atoms with Gasteiger partial charge in [-0.15, -0.1) is 11.8 Å². The summed E-state index contributed by atoms with van der Waals surface area (Å²) in [6, 6.07) is 7.97. The first kappa shape index (κ1) is 13.4. The first-order valence-electron chi connectivity index (χ1n) is 6.15. The second kappa shape index (κ2) is 5.80. The van der Waals surface area contributed by atoms with Crippen molar-refractivity contribution >= 4 is 29.3 Å². The second-order valence-corrected chi connectivity index (χ2v) is 5.02. The summed E-state index contributed by atoms with van der Waals surface area (Å²) in [6.07, 6.45) is 7.03. The van der Waals surface area contributed by atoms with Crippen LogP contribution >= 0.6 is 11.8 Å². The molecule has 0 saturated carbocycles. The van der Waals surface area contributed by atoms with Crippen LogP contribution in [0.3, 0.4) is 0 Å². The van der Waals surface area contributed by atoms with E-state index in [4.69, 9.17) is 5.73 Å². The number of thioether (sulfide) groups is 1. The number of rotatable bonds is 4. The van der Waals surface area contributed by atoms with Crippen LogP contribution in [-0.2, 0) is 0 Å². The van der Waals surface area contributed by atoms with Crippen molar-refractivity contribution in [3.05, 3.63) is 43.0 Å². The highest BCUT2D eigenvalue weighted by Crippen LogP contribution is 2.19. The zero-order valence-corrected chi connectivity index (χ0v) is 12.1. The normalized spacial score (nSPS) is 10.5. The number of imidazole rings is 1. The summed E-state index contributed by atoms with van der Waals surface area (Å²) in [5.41, 5.74) is 6.61. The summed E-state index contributed by atoms with van der Waals surface area (Å²) in [5, 5.41) is 3.11. The zero-order chi connectivity index (χ0) is 14.7. The second-order valence-electron chi connectivity index (χ2n) is 4.14. The first-order valence-corrected chi connectivity index (χ1v) is 7.38. The molecule has 2 aromatic heterocycles. The zero-order valence-electron chi connectivity index (χ0n) is 11.3.